The van der Waals surface area contributed by atoms with Crippen LogP contribution >= 0.6 is 39.0 Å². The van der Waals surface area contributed by atoms with Crippen molar-refractivity contribution in [3.63, 3.8) is 0 Å². The number of thiophene rings is 1. The fourth-order valence-electron chi connectivity index (χ4n) is 2.30. The molecule has 0 radical (unpaired) electrons. The number of thioether (sulfide) groups is 1. The SMILES string of the molecule is NNC(Cc1cc(Br)cs1)CC1CCSCC1. The Hall–Kier alpha value is 0.450. The van der Waals surface area contributed by atoms with Crippen molar-refractivity contribution in [2.45, 2.75) is 31.7 Å². The van der Waals surface area contributed by atoms with E-state index in [0.29, 0.717) is 6.04 Å². The molecule has 1 atom stereocenters. The van der Waals surface area contributed by atoms with Crippen LogP contribution in [-0.2, 0) is 6.42 Å². The number of halogens is 1. The van der Waals surface area contributed by atoms with Gasteiger partial charge in [-0.25, -0.2) is 0 Å². The van der Waals surface area contributed by atoms with Gasteiger partial charge in [0, 0.05) is 20.8 Å². The lowest BCUT2D eigenvalue weighted by molar-refractivity contribution is 0.367. The van der Waals surface area contributed by atoms with Gasteiger partial charge in [0.25, 0.3) is 0 Å². The Labute approximate surface area is 120 Å². The molecule has 17 heavy (non-hydrogen) atoms. The van der Waals surface area contributed by atoms with Crippen LogP contribution in [0.5, 0.6) is 0 Å². The van der Waals surface area contributed by atoms with Crippen molar-refractivity contribution in [3.05, 3.63) is 20.8 Å². The zero-order valence-corrected chi connectivity index (χ0v) is 13.0. The third kappa shape index (κ3) is 4.56. The number of rotatable bonds is 5. The van der Waals surface area contributed by atoms with Crippen LogP contribution in [0.3, 0.4) is 0 Å². The normalized spacial score (nSPS) is 19.4. The summed E-state index contributed by atoms with van der Waals surface area (Å²) >= 11 is 7.39. The predicted molar refractivity (Wildman–Crippen MR) is 81.5 cm³/mol. The number of hydrazine groups is 1. The van der Waals surface area contributed by atoms with Gasteiger partial charge in [0.05, 0.1) is 0 Å². The molecule has 1 saturated heterocycles. The molecule has 2 rings (SSSR count). The highest BCUT2D eigenvalue weighted by molar-refractivity contribution is 9.10. The van der Waals surface area contributed by atoms with Crippen molar-refractivity contribution in [1.82, 2.24) is 5.43 Å². The zero-order chi connectivity index (χ0) is 12.1. The number of nitrogens with one attached hydrogen (secondary N) is 1. The Balaban J connectivity index is 1.83. The molecule has 1 unspecified atom stereocenters. The molecule has 96 valence electrons. The largest absolute Gasteiger partial charge is 0.271 e. The van der Waals surface area contributed by atoms with Crippen LogP contribution in [0.15, 0.2) is 15.9 Å². The first kappa shape index (κ1) is 13.9. The fourth-order valence-corrected chi connectivity index (χ4v) is 5.04. The lowest BCUT2D eigenvalue weighted by atomic mass is 9.93. The topological polar surface area (TPSA) is 38.0 Å². The molecule has 0 aromatic carbocycles. The van der Waals surface area contributed by atoms with Gasteiger partial charge in [0.1, 0.15) is 0 Å². The number of hydrogen-bond donors (Lipinski definition) is 2. The monoisotopic (exact) mass is 334 g/mol. The fraction of sp³-hybridized carbons (Fsp3) is 0.667. The predicted octanol–water partition coefficient (Wildman–Crippen LogP) is 3.42. The highest BCUT2D eigenvalue weighted by Gasteiger charge is 2.19. The summed E-state index contributed by atoms with van der Waals surface area (Å²) in [6.07, 6.45) is 4.98. The Morgan fingerprint density at radius 2 is 2.24 bits per heavy atom. The molecule has 5 heteroatoms. The third-order valence-electron chi connectivity index (χ3n) is 3.26. The van der Waals surface area contributed by atoms with Crippen LogP contribution in [0, 0.1) is 5.92 Å². The van der Waals surface area contributed by atoms with Gasteiger partial charge in [-0.2, -0.15) is 11.8 Å². The molecule has 0 spiro atoms. The first-order valence-corrected chi connectivity index (χ1v) is 8.87. The summed E-state index contributed by atoms with van der Waals surface area (Å²) < 4.78 is 1.18. The summed E-state index contributed by atoms with van der Waals surface area (Å²) in [5.41, 5.74) is 2.99. The second-order valence-electron chi connectivity index (χ2n) is 4.59. The molecule has 2 heterocycles. The lowest BCUT2D eigenvalue weighted by Crippen LogP contribution is -2.38. The number of hydrogen-bond acceptors (Lipinski definition) is 4. The van der Waals surface area contributed by atoms with Crippen LogP contribution in [0.2, 0.25) is 0 Å². The van der Waals surface area contributed by atoms with E-state index in [1.807, 2.05) is 11.3 Å². The summed E-state index contributed by atoms with van der Waals surface area (Å²) in [5, 5.41) is 2.14. The van der Waals surface area contributed by atoms with Gasteiger partial charge in [-0.05, 0) is 65.1 Å². The highest BCUT2D eigenvalue weighted by Crippen LogP contribution is 2.28. The maximum atomic E-state index is 5.68. The molecular weight excluding hydrogens is 316 g/mol. The van der Waals surface area contributed by atoms with E-state index in [4.69, 9.17) is 5.84 Å². The minimum Gasteiger partial charge on any atom is -0.271 e. The molecule has 3 N–H and O–H groups in total. The molecule has 0 bridgehead atoms. The van der Waals surface area contributed by atoms with Crippen molar-refractivity contribution >= 4 is 39.0 Å². The van der Waals surface area contributed by atoms with E-state index in [0.717, 1.165) is 12.3 Å². The van der Waals surface area contributed by atoms with Gasteiger partial charge in [-0.3, -0.25) is 11.3 Å². The maximum absolute atomic E-state index is 5.68. The average molecular weight is 335 g/mol. The minimum atomic E-state index is 0.425. The van der Waals surface area contributed by atoms with Gasteiger partial charge in [-0.1, -0.05) is 0 Å². The summed E-state index contributed by atoms with van der Waals surface area (Å²) in [7, 11) is 0. The van der Waals surface area contributed by atoms with Crippen LogP contribution in [0.1, 0.15) is 24.1 Å². The Morgan fingerprint density at radius 1 is 1.47 bits per heavy atom. The Bertz CT molecular complexity index is 337. The summed E-state index contributed by atoms with van der Waals surface area (Å²) in [6, 6.07) is 2.62. The Kier molecular flexibility index (Phi) is 5.83. The quantitative estimate of drug-likeness (QED) is 0.640. The molecule has 1 aliphatic heterocycles. The second-order valence-corrected chi connectivity index (χ2v) is 7.73. The molecule has 1 fully saturated rings. The van der Waals surface area contributed by atoms with Gasteiger partial charge in [-0.15, -0.1) is 11.3 Å². The molecule has 0 amide bonds. The van der Waals surface area contributed by atoms with E-state index in [2.05, 4.69) is 44.6 Å². The van der Waals surface area contributed by atoms with E-state index in [1.54, 1.807) is 0 Å². The second kappa shape index (κ2) is 7.14. The summed E-state index contributed by atoms with van der Waals surface area (Å²) in [5.74, 6) is 9.20. The minimum absolute atomic E-state index is 0.425. The third-order valence-corrected chi connectivity index (χ3v) is 6.03. The maximum Gasteiger partial charge on any atom is 0.0285 e. The van der Waals surface area contributed by atoms with E-state index < -0.39 is 0 Å². The molecule has 0 saturated carbocycles. The van der Waals surface area contributed by atoms with Crippen molar-refractivity contribution in [1.29, 1.82) is 0 Å². The van der Waals surface area contributed by atoms with Gasteiger partial charge in [0.2, 0.25) is 0 Å². The van der Waals surface area contributed by atoms with Crippen LogP contribution < -0.4 is 11.3 Å². The van der Waals surface area contributed by atoms with Crippen LogP contribution in [0.25, 0.3) is 0 Å². The number of nitrogens with two attached hydrogens (primary N) is 1. The van der Waals surface area contributed by atoms with E-state index >= 15 is 0 Å². The van der Waals surface area contributed by atoms with E-state index in [1.165, 1.54) is 40.1 Å². The van der Waals surface area contributed by atoms with Crippen LogP contribution in [-0.4, -0.2) is 17.5 Å². The molecule has 1 aromatic rings. The lowest BCUT2D eigenvalue weighted by Gasteiger charge is -2.25. The Morgan fingerprint density at radius 3 is 2.82 bits per heavy atom. The standard InChI is InChI=1S/C12H19BrN2S2/c13-10-6-12(17-8-10)7-11(15-14)5-9-1-3-16-4-2-9/h6,8-9,11,15H,1-5,7,14H2. The van der Waals surface area contributed by atoms with Crippen molar-refractivity contribution in [2.24, 2.45) is 11.8 Å². The first-order valence-electron chi connectivity index (χ1n) is 6.04. The van der Waals surface area contributed by atoms with Crippen molar-refractivity contribution in [3.8, 4) is 0 Å². The van der Waals surface area contributed by atoms with Crippen molar-refractivity contribution < 1.29 is 0 Å². The molecule has 2 nitrogen and oxygen atoms in total. The van der Waals surface area contributed by atoms with E-state index in [9.17, 15) is 0 Å². The molecular formula is C12H19BrN2S2. The highest BCUT2D eigenvalue weighted by atomic mass is 79.9. The van der Waals surface area contributed by atoms with Gasteiger partial charge in [0.15, 0.2) is 0 Å². The van der Waals surface area contributed by atoms with Crippen molar-refractivity contribution in [2.75, 3.05) is 11.5 Å². The smallest absolute Gasteiger partial charge is 0.0285 e. The average Bonchev–Trinajstić information content (AvgIpc) is 2.75. The van der Waals surface area contributed by atoms with Crippen LogP contribution in [0.4, 0.5) is 0 Å². The summed E-state index contributed by atoms with van der Waals surface area (Å²) in [4.78, 5) is 1.41. The van der Waals surface area contributed by atoms with Gasteiger partial charge >= 0.3 is 0 Å². The zero-order valence-electron chi connectivity index (χ0n) is 9.82. The van der Waals surface area contributed by atoms with E-state index in [-0.39, 0.29) is 0 Å². The van der Waals surface area contributed by atoms with Gasteiger partial charge < -0.3 is 0 Å². The summed E-state index contributed by atoms with van der Waals surface area (Å²) in [6.45, 7) is 0. The molecule has 0 aliphatic carbocycles. The molecule has 1 aliphatic rings. The first-order chi connectivity index (χ1) is 8.28. The molecule has 1 aromatic heterocycles.